The van der Waals surface area contributed by atoms with E-state index in [4.69, 9.17) is 4.74 Å². The van der Waals surface area contributed by atoms with Gasteiger partial charge in [0.2, 0.25) is 0 Å². The van der Waals surface area contributed by atoms with E-state index >= 15 is 0 Å². The van der Waals surface area contributed by atoms with E-state index in [1.54, 1.807) is 25.3 Å². The Labute approximate surface area is 141 Å². The highest BCUT2D eigenvalue weighted by Crippen LogP contribution is 2.34. The normalized spacial score (nSPS) is 10.2. The monoisotopic (exact) mass is 462 g/mol. The quantitative estimate of drug-likeness (QED) is 0.674. The minimum absolute atomic E-state index is 0.241. The molecule has 20 heavy (non-hydrogen) atoms. The van der Waals surface area contributed by atoms with Crippen LogP contribution in [-0.4, -0.2) is 18.0 Å². The SMILES string of the molecule is COc1cc(NC(=O)c2ccc(Br)nc2)c(Br)cc1Br. The highest BCUT2D eigenvalue weighted by molar-refractivity contribution is 9.11. The summed E-state index contributed by atoms with van der Waals surface area (Å²) in [7, 11) is 1.57. The lowest BCUT2D eigenvalue weighted by molar-refractivity contribution is 0.102. The molecule has 1 aromatic heterocycles. The number of carbonyl (C=O) groups excluding carboxylic acids is 1. The maximum atomic E-state index is 12.1. The molecule has 0 unspecified atom stereocenters. The Kier molecular flexibility index (Phi) is 5.17. The van der Waals surface area contributed by atoms with Crippen LogP contribution in [0.15, 0.2) is 44.0 Å². The van der Waals surface area contributed by atoms with Crippen LogP contribution in [0.5, 0.6) is 5.75 Å². The maximum absolute atomic E-state index is 12.1. The van der Waals surface area contributed by atoms with Crippen molar-refractivity contribution < 1.29 is 9.53 Å². The number of benzene rings is 1. The molecule has 0 spiro atoms. The van der Waals surface area contributed by atoms with Crippen LogP contribution in [0.1, 0.15) is 10.4 Å². The zero-order valence-electron chi connectivity index (χ0n) is 10.3. The van der Waals surface area contributed by atoms with E-state index in [-0.39, 0.29) is 5.91 Å². The molecule has 1 aromatic carbocycles. The van der Waals surface area contributed by atoms with Gasteiger partial charge in [0.25, 0.3) is 5.91 Å². The van der Waals surface area contributed by atoms with Gasteiger partial charge in [0.05, 0.1) is 22.8 Å². The van der Waals surface area contributed by atoms with Gasteiger partial charge in [-0.25, -0.2) is 4.98 Å². The Balaban J connectivity index is 2.25. The number of pyridine rings is 1. The lowest BCUT2D eigenvalue weighted by atomic mass is 10.2. The summed E-state index contributed by atoms with van der Waals surface area (Å²) in [5, 5.41) is 2.81. The third-order valence-corrected chi connectivity index (χ3v) is 4.22. The number of methoxy groups -OCH3 is 1. The fraction of sp³-hybridized carbons (Fsp3) is 0.0769. The number of hydrogen-bond acceptors (Lipinski definition) is 3. The second-order valence-electron chi connectivity index (χ2n) is 3.79. The number of aromatic nitrogens is 1. The first-order chi connectivity index (χ1) is 9.51. The molecule has 0 saturated carbocycles. The van der Waals surface area contributed by atoms with Gasteiger partial charge >= 0.3 is 0 Å². The third kappa shape index (κ3) is 3.59. The molecule has 2 rings (SSSR count). The van der Waals surface area contributed by atoms with Crippen LogP contribution in [0, 0.1) is 0 Å². The van der Waals surface area contributed by atoms with Gasteiger partial charge in [0.1, 0.15) is 10.4 Å². The number of ether oxygens (including phenoxy) is 1. The minimum atomic E-state index is -0.241. The molecule has 0 fully saturated rings. The van der Waals surface area contributed by atoms with E-state index < -0.39 is 0 Å². The molecule has 0 aliphatic carbocycles. The van der Waals surface area contributed by atoms with Gasteiger partial charge in [0.15, 0.2) is 0 Å². The zero-order chi connectivity index (χ0) is 14.7. The summed E-state index contributed by atoms with van der Waals surface area (Å²) >= 11 is 10.0. The largest absolute Gasteiger partial charge is 0.495 e. The Morgan fingerprint density at radius 1 is 1.20 bits per heavy atom. The van der Waals surface area contributed by atoms with E-state index in [1.807, 2.05) is 6.07 Å². The summed E-state index contributed by atoms with van der Waals surface area (Å²) < 4.78 is 7.44. The van der Waals surface area contributed by atoms with Crippen LogP contribution in [-0.2, 0) is 0 Å². The van der Waals surface area contributed by atoms with Gasteiger partial charge in [-0.3, -0.25) is 4.79 Å². The molecule has 1 N–H and O–H groups in total. The van der Waals surface area contributed by atoms with E-state index in [0.29, 0.717) is 21.6 Å². The first-order valence-electron chi connectivity index (χ1n) is 5.47. The predicted molar refractivity (Wildman–Crippen MR) is 88.3 cm³/mol. The van der Waals surface area contributed by atoms with E-state index in [1.165, 1.54) is 6.20 Å². The molecule has 0 aliphatic rings. The molecule has 1 heterocycles. The van der Waals surface area contributed by atoms with Crippen molar-refractivity contribution in [3.8, 4) is 5.75 Å². The van der Waals surface area contributed by atoms with Crippen molar-refractivity contribution in [3.63, 3.8) is 0 Å². The summed E-state index contributed by atoms with van der Waals surface area (Å²) in [6, 6.07) is 6.95. The number of halogens is 3. The van der Waals surface area contributed by atoms with E-state index in [2.05, 4.69) is 58.1 Å². The molecule has 0 bridgehead atoms. The molecule has 0 saturated heterocycles. The van der Waals surface area contributed by atoms with Crippen molar-refractivity contribution in [2.24, 2.45) is 0 Å². The van der Waals surface area contributed by atoms with Crippen LogP contribution < -0.4 is 10.1 Å². The summed E-state index contributed by atoms with van der Waals surface area (Å²) in [5.41, 5.74) is 1.10. The lowest BCUT2D eigenvalue weighted by Gasteiger charge is -2.11. The van der Waals surface area contributed by atoms with E-state index in [9.17, 15) is 4.79 Å². The van der Waals surface area contributed by atoms with Gasteiger partial charge in [-0.2, -0.15) is 0 Å². The van der Waals surface area contributed by atoms with Crippen LogP contribution in [0.2, 0.25) is 0 Å². The molecule has 7 heteroatoms. The predicted octanol–water partition coefficient (Wildman–Crippen LogP) is 4.63. The second-order valence-corrected chi connectivity index (χ2v) is 6.31. The Morgan fingerprint density at radius 3 is 2.55 bits per heavy atom. The first-order valence-corrected chi connectivity index (χ1v) is 7.85. The molecule has 4 nitrogen and oxygen atoms in total. The number of anilines is 1. The number of carbonyl (C=O) groups is 1. The van der Waals surface area contributed by atoms with Gasteiger partial charge in [-0.1, -0.05) is 0 Å². The van der Waals surface area contributed by atoms with Crippen molar-refractivity contribution in [1.82, 2.24) is 4.98 Å². The third-order valence-electron chi connectivity index (χ3n) is 2.48. The molecule has 1 amide bonds. The number of nitrogens with zero attached hydrogens (tertiary/aromatic N) is 1. The highest BCUT2D eigenvalue weighted by Gasteiger charge is 2.12. The topological polar surface area (TPSA) is 51.2 Å². The fourth-order valence-corrected chi connectivity index (χ4v) is 2.98. The van der Waals surface area contributed by atoms with Crippen LogP contribution in [0.3, 0.4) is 0 Å². The molecular formula is C13H9Br3N2O2. The summed E-state index contributed by atoms with van der Waals surface area (Å²) in [5.74, 6) is 0.396. The van der Waals surface area contributed by atoms with Crippen LogP contribution >= 0.6 is 47.8 Å². The molecular weight excluding hydrogens is 456 g/mol. The Hall–Kier alpha value is -0.920. The van der Waals surface area contributed by atoms with Crippen molar-refractivity contribution >= 4 is 59.4 Å². The number of rotatable bonds is 3. The minimum Gasteiger partial charge on any atom is -0.495 e. The van der Waals surface area contributed by atoms with Crippen molar-refractivity contribution in [1.29, 1.82) is 0 Å². The average Bonchev–Trinajstić information content (AvgIpc) is 2.42. The van der Waals surface area contributed by atoms with Crippen molar-refractivity contribution in [3.05, 3.63) is 49.6 Å². The summed E-state index contributed by atoms with van der Waals surface area (Å²) in [6.45, 7) is 0. The van der Waals surface area contributed by atoms with E-state index in [0.717, 1.165) is 8.95 Å². The van der Waals surface area contributed by atoms with Gasteiger partial charge < -0.3 is 10.1 Å². The maximum Gasteiger partial charge on any atom is 0.257 e. The number of hydrogen-bond donors (Lipinski definition) is 1. The van der Waals surface area contributed by atoms with Gasteiger partial charge in [0, 0.05) is 16.7 Å². The van der Waals surface area contributed by atoms with Crippen LogP contribution in [0.4, 0.5) is 5.69 Å². The fourth-order valence-electron chi connectivity index (χ4n) is 1.49. The zero-order valence-corrected chi connectivity index (χ0v) is 15.0. The summed E-state index contributed by atoms with van der Waals surface area (Å²) in [4.78, 5) is 16.1. The molecule has 104 valence electrons. The molecule has 2 aromatic rings. The van der Waals surface area contributed by atoms with Crippen molar-refractivity contribution in [2.45, 2.75) is 0 Å². The second kappa shape index (κ2) is 6.69. The lowest BCUT2D eigenvalue weighted by Crippen LogP contribution is -2.12. The summed E-state index contributed by atoms with van der Waals surface area (Å²) in [6.07, 6.45) is 1.50. The molecule has 0 aliphatic heterocycles. The highest BCUT2D eigenvalue weighted by atomic mass is 79.9. The van der Waals surface area contributed by atoms with Gasteiger partial charge in [-0.15, -0.1) is 0 Å². The standard InChI is InChI=1S/C13H9Br3N2O2/c1-20-11-5-10(8(14)4-9(11)15)18-13(19)7-2-3-12(16)17-6-7/h2-6H,1H3,(H,18,19). The first kappa shape index (κ1) is 15.5. The van der Waals surface area contributed by atoms with Gasteiger partial charge in [-0.05, 0) is 66.0 Å². The number of amides is 1. The smallest absolute Gasteiger partial charge is 0.257 e. The number of nitrogens with one attached hydrogen (secondary N) is 1. The molecule has 0 radical (unpaired) electrons. The Morgan fingerprint density at radius 2 is 1.95 bits per heavy atom. The van der Waals surface area contributed by atoms with Crippen molar-refractivity contribution in [2.75, 3.05) is 12.4 Å². The van der Waals surface area contributed by atoms with Crippen LogP contribution in [0.25, 0.3) is 0 Å². The average molecular weight is 465 g/mol. The Bertz CT molecular complexity index is 645. The molecule has 0 atom stereocenters.